The first-order valence-electron chi connectivity index (χ1n) is 6.46. The second-order valence-electron chi connectivity index (χ2n) is 4.81. The summed E-state index contributed by atoms with van der Waals surface area (Å²) in [5, 5.41) is 6.76. The first-order valence-corrected chi connectivity index (χ1v) is 8.13. The summed E-state index contributed by atoms with van der Waals surface area (Å²) in [6.45, 7) is 2.02. The minimum Gasteiger partial charge on any atom is -0.309 e. The fraction of sp³-hybridized carbons (Fsp3) is 0.188. The maximum Gasteiger partial charge on any atom is 0.0705 e. The highest BCUT2D eigenvalue weighted by Gasteiger charge is 2.14. The molecular weight excluding hydrogens is 332 g/mol. The predicted octanol–water partition coefficient (Wildman–Crippen LogP) is 4.68. The van der Waals surface area contributed by atoms with E-state index >= 15 is 0 Å². The van der Waals surface area contributed by atoms with Crippen LogP contribution in [0, 0.1) is 6.92 Å². The average molecular weight is 347 g/mol. The van der Waals surface area contributed by atoms with Gasteiger partial charge in [-0.05, 0) is 70.7 Å². The molecule has 1 N–H and O–H groups in total. The topological polar surface area (TPSA) is 24.9 Å². The van der Waals surface area contributed by atoms with Crippen LogP contribution in [0.1, 0.15) is 22.9 Å². The molecule has 4 heteroatoms. The Labute approximate surface area is 131 Å². The van der Waals surface area contributed by atoms with E-state index in [0.717, 1.165) is 15.0 Å². The summed E-state index contributed by atoms with van der Waals surface area (Å²) in [7, 11) is 1.99. The molecule has 2 nitrogen and oxygen atoms in total. The Morgan fingerprint density at radius 2 is 2.00 bits per heavy atom. The van der Waals surface area contributed by atoms with Gasteiger partial charge >= 0.3 is 0 Å². The van der Waals surface area contributed by atoms with Gasteiger partial charge in [-0.2, -0.15) is 0 Å². The first kappa shape index (κ1) is 13.7. The lowest BCUT2D eigenvalue weighted by Crippen LogP contribution is -2.16. The van der Waals surface area contributed by atoms with Crippen molar-refractivity contribution in [1.29, 1.82) is 0 Å². The monoisotopic (exact) mass is 346 g/mol. The number of hydrogen-bond donors (Lipinski definition) is 1. The highest BCUT2D eigenvalue weighted by atomic mass is 79.9. The quantitative estimate of drug-likeness (QED) is 0.744. The molecule has 0 saturated heterocycles. The van der Waals surface area contributed by atoms with Crippen molar-refractivity contribution in [3.8, 4) is 0 Å². The van der Waals surface area contributed by atoms with Crippen molar-refractivity contribution in [3.63, 3.8) is 0 Å². The smallest absolute Gasteiger partial charge is 0.0705 e. The zero-order chi connectivity index (χ0) is 14.1. The fourth-order valence-electron chi connectivity index (χ4n) is 2.43. The Kier molecular flexibility index (Phi) is 3.87. The van der Waals surface area contributed by atoms with E-state index in [1.807, 2.05) is 14.0 Å². The molecule has 0 aliphatic rings. The molecule has 3 rings (SSSR count). The lowest BCUT2D eigenvalue weighted by molar-refractivity contribution is 0.695. The van der Waals surface area contributed by atoms with Gasteiger partial charge in [-0.1, -0.05) is 12.1 Å². The Hall–Kier alpha value is -1.23. The summed E-state index contributed by atoms with van der Waals surface area (Å²) in [6, 6.07) is 13.0. The Bertz CT molecular complexity index is 751. The zero-order valence-electron chi connectivity index (χ0n) is 11.4. The van der Waals surface area contributed by atoms with Crippen molar-refractivity contribution < 1.29 is 0 Å². The van der Waals surface area contributed by atoms with Gasteiger partial charge in [0.1, 0.15) is 0 Å². The standard InChI is InChI=1S/C16H15BrN2S/c1-10-3-4-11-7-12(5-6-14(11)19-10)16(18-2)13-8-15(17)20-9-13/h3-9,16,18H,1-2H3. The van der Waals surface area contributed by atoms with Gasteiger partial charge in [0.15, 0.2) is 0 Å². The molecule has 0 spiro atoms. The number of nitrogens with one attached hydrogen (secondary N) is 1. The van der Waals surface area contributed by atoms with Crippen molar-refractivity contribution in [2.45, 2.75) is 13.0 Å². The number of fused-ring (bicyclic) bond motifs is 1. The molecule has 1 aromatic carbocycles. The number of pyridine rings is 1. The minimum atomic E-state index is 0.211. The van der Waals surface area contributed by atoms with E-state index in [2.05, 4.69) is 68.0 Å². The van der Waals surface area contributed by atoms with Crippen molar-refractivity contribution in [1.82, 2.24) is 10.3 Å². The number of nitrogens with zero attached hydrogens (tertiary/aromatic N) is 1. The molecule has 0 bridgehead atoms. The minimum absolute atomic E-state index is 0.211. The van der Waals surface area contributed by atoms with E-state index in [0.29, 0.717) is 0 Å². The van der Waals surface area contributed by atoms with Crippen LogP contribution in [0.3, 0.4) is 0 Å². The van der Waals surface area contributed by atoms with E-state index < -0.39 is 0 Å². The molecule has 1 atom stereocenters. The van der Waals surface area contributed by atoms with Gasteiger partial charge in [-0.25, -0.2) is 0 Å². The highest BCUT2D eigenvalue weighted by Crippen LogP contribution is 2.30. The molecule has 3 aromatic rings. The average Bonchev–Trinajstić information content (AvgIpc) is 2.86. The van der Waals surface area contributed by atoms with E-state index in [9.17, 15) is 0 Å². The Balaban J connectivity index is 2.05. The SMILES string of the molecule is CNC(c1csc(Br)c1)c1ccc2nc(C)ccc2c1. The van der Waals surface area contributed by atoms with Gasteiger partial charge in [0.25, 0.3) is 0 Å². The van der Waals surface area contributed by atoms with Crippen LogP contribution in [-0.4, -0.2) is 12.0 Å². The lowest BCUT2D eigenvalue weighted by Gasteiger charge is -2.16. The van der Waals surface area contributed by atoms with Gasteiger partial charge in [-0.3, -0.25) is 4.98 Å². The second kappa shape index (κ2) is 5.64. The molecule has 2 aromatic heterocycles. The molecule has 0 aliphatic heterocycles. The Morgan fingerprint density at radius 1 is 1.15 bits per heavy atom. The van der Waals surface area contributed by atoms with Crippen molar-refractivity contribution in [2.24, 2.45) is 0 Å². The van der Waals surface area contributed by atoms with Crippen LogP contribution in [0.15, 0.2) is 45.6 Å². The molecule has 102 valence electrons. The summed E-state index contributed by atoms with van der Waals surface area (Å²) in [6.07, 6.45) is 0. The lowest BCUT2D eigenvalue weighted by atomic mass is 9.99. The van der Waals surface area contributed by atoms with E-state index in [1.54, 1.807) is 11.3 Å². The zero-order valence-corrected chi connectivity index (χ0v) is 13.8. The fourth-order valence-corrected chi connectivity index (χ4v) is 3.63. The molecule has 0 aliphatic carbocycles. The normalized spacial score (nSPS) is 12.8. The molecule has 0 radical (unpaired) electrons. The van der Waals surface area contributed by atoms with E-state index in [1.165, 1.54) is 16.5 Å². The van der Waals surface area contributed by atoms with Crippen molar-refractivity contribution >= 4 is 38.2 Å². The number of hydrogen-bond acceptors (Lipinski definition) is 3. The second-order valence-corrected chi connectivity index (χ2v) is 7.10. The predicted molar refractivity (Wildman–Crippen MR) is 89.4 cm³/mol. The number of benzene rings is 1. The summed E-state index contributed by atoms with van der Waals surface area (Å²) in [5.41, 5.74) is 4.65. The highest BCUT2D eigenvalue weighted by molar-refractivity contribution is 9.11. The maximum atomic E-state index is 4.55. The third-order valence-electron chi connectivity index (χ3n) is 3.40. The van der Waals surface area contributed by atoms with Gasteiger partial charge < -0.3 is 5.32 Å². The van der Waals surface area contributed by atoms with Gasteiger partial charge in [-0.15, -0.1) is 11.3 Å². The van der Waals surface area contributed by atoms with Gasteiger partial charge in [0.05, 0.1) is 15.3 Å². The number of rotatable bonds is 3. The maximum absolute atomic E-state index is 4.55. The van der Waals surface area contributed by atoms with Crippen LogP contribution in [0.25, 0.3) is 10.9 Å². The number of aryl methyl sites for hydroxylation is 1. The van der Waals surface area contributed by atoms with Crippen LogP contribution in [-0.2, 0) is 0 Å². The van der Waals surface area contributed by atoms with Crippen LogP contribution in [0.2, 0.25) is 0 Å². The largest absolute Gasteiger partial charge is 0.309 e. The van der Waals surface area contributed by atoms with Crippen LogP contribution >= 0.6 is 27.3 Å². The van der Waals surface area contributed by atoms with Crippen LogP contribution in [0.4, 0.5) is 0 Å². The third-order valence-corrected chi connectivity index (χ3v) is 4.92. The van der Waals surface area contributed by atoms with Crippen LogP contribution < -0.4 is 5.32 Å². The van der Waals surface area contributed by atoms with Gasteiger partial charge in [0.2, 0.25) is 0 Å². The molecule has 20 heavy (non-hydrogen) atoms. The molecule has 2 heterocycles. The number of halogens is 1. The number of aromatic nitrogens is 1. The summed E-state index contributed by atoms with van der Waals surface area (Å²) < 4.78 is 1.16. The summed E-state index contributed by atoms with van der Waals surface area (Å²) in [4.78, 5) is 4.55. The Morgan fingerprint density at radius 3 is 2.70 bits per heavy atom. The molecular formula is C16H15BrN2S. The summed E-state index contributed by atoms with van der Waals surface area (Å²) >= 11 is 5.24. The van der Waals surface area contributed by atoms with Crippen molar-refractivity contribution in [3.05, 3.63) is 62.4 Å². The third kappa shape index (κ3) is 2.64. The molecule has 0 saturated carbocycles. The van der Waals surface area contributed by atoms with Gasteiger partial charge in [0, 0.05) is 11.1 Å². The van der Waals surface area contributed by atoms with Crippen LogP contribution in [0.5, 0.6) is 0 Å². The molecule has 0 amide bonds. The van der Waals surface area contributed by atoms with E-state index in [-0.39, 0.29) is 6.04 Å². The first-order chi connectivity index (χ1) is 9.67. The van der Waals surface area contributed by atoms with E-state index in [4.69, 9.17) is 0 Å². The molecule has 0 fully saturated rings. The number of thiophene rings is 1. The summed E-state index contributed by atoms with van der Waals surface area (Å²) in [5.74, 6) is 0. The molecule has 1 unspecified atom stereocenters. The van der Waals surface area contributed by atoms with Crippen molar-refractivity contribution in [2.75, 3.05) is 7.05 Å².